The fourth-order valence-electron chi connectivity index (χ4n) is 2.95. The molecule has 2 nitrogen and oxygen atoms in total. The minimum atomic E-state index is 0.274. The first-order chi connectivity index (χ1) is 7.61. The Morgan fingerprint density at radius 2 is 1.81 bits per heavy atom. The van der Waals surface area contributed by atoms with E-state index in [1.807, 2.05) is 6.92 Å². The van der Waals surface area contributed by atoms with Crippen molar-refractivity contribution in [3.05, 3.63) is 0 Å². The molecular weight excluding hydrogens is 218 g/mol. The van der Waals surface area contributed by atoms with Crippen molar-refractivity contribution in [3.8, 4) is 0 Å². The van der Waals surface area contributed by atoms with Crippen molar-refractivity contribution in [1.82, 2.24) is 4.90 Å². The quantitative estimate of drug-likeness (QED) is 0.746. The van der Waals surface area contributed by atoms with E-state index in [2.05, 4.69) is 25.7 Å². The molecule has 0 bridgehead atoms. The Kier molecular flexibility index (Phi) is 5.67. The maximum atomic E-state index is 12.1. The molecule has 1 amide bonds. The maximum Gasteiger partial charge on any atom is 0.281 e. The minimum absolute atomic E-state index is 0.274. The van der Waals surface area contributed by atoms with Crippen molar-refractivity contribution >= 4 is 17.0 Å². The molecule has 16 heavy (non-hydrogen) atoms. The maximum absolute atomic E-state index is 12.1. The van der Waals surface area contributed by atoms with Crippen LogP contribution in [0.25, 0.3) is 0 Å². The molecule has 1 aliphatic rings. The standard InChI is InChI=1S/C13H25NOS/c1-5-14(13(15)16-6-2)12-10(3)8-7-9-11(12)4/h10-12H,5-9H2,1-4H3. The largest absolute Gasteiger partial charge is 0.330 e. The molecule has 1 aliphatic carbocycles. The minimum Gasteiger partial charge on any atom is -0.330 e. The van der Waals surface area contributed by atoms with Crippen LogP contribution in [-0.4, -0.2) is 28.5 Å². The van der Waals surface area contributed by atoms with Gasteiger partial charge < -0.3 is 4.90 Å². The number of carbonyl (C=O) groups is 1. The van der Waals surface area contributed by atoms with Crippen molar-refractivity contribution in [1.29, 1.82) is 0 Å². The molecule has 0 aromatic rings. The van der Waals surface area contributed by atoms with Crippen LogP contribution in [-0.2, 0) is 0 Å². The van der Waals surface area contributed by atoms with Gasteiger partial charge in [0.05, 0.1) is 0 Å². The van der Waals surface area contributed by atoms with E-state index in [9.17, 15) is 4.79 Å². The highest BCUT2D eigenvalue weighted by Crippen LogP contribution is 2.33. The average molecular weight is 243 g/mol. The summed E-state index contributed by atoms with van der Waals surface area (Å²) in [5.74, 6) is 2.19. The molecular formula is C13H25NOS. The highest BCUT2D eigenvalue weighted by Gasteiger charge is 2.34. The third kappa shape index (κ3) is 3.16. The summed E-state index contributed by atoms with van der Waals surface area (Å²) in [5, 5.41) is 0.274. The Morgan fingerprint density at radius 1 is 1.25 bits per heavy atom. The number of amides is 1. The molecule has 1 fully saturated rings. The summed E-state index contributed by atoms with van der Waals surface area (Å²) < 4.78 is 0. The second kappa shape index (κ2) is 6.53. The van der Waals surface area contributed by atoms with E-state index in [-0.39, 0.29) is 5.24 Å². The number of thioether (sulfide) groups is 1. The Hall–Kier alpha value is -0.180. The zero-order valence-electron chi connectivity index (χ0n) is 11.0. The summed E-state index contributed by atoms with van der Waals surface area (Å²) in [6.45, 7) is 9.59. The van der Waals surface area contributed by atoms with E-state index in [0.29, 0.717) is 17.9 Å². The zero-order valence-corrected chi connectivity index (χ0v) is 11.8. The molecule has 0 heterocycles. The van der Waals surface area contributed by atoms with Crippen LogP contribution in [0, 0.1) is 11.8 Å². The number of nitrogens with zero attached hydrogens (tertiary/aromatic N) is 1. The summed E-state index contributed by atoms with van der Waals surface area (Å²) in [4.78, 5) is 14.2. The summed E-state index contributed by atoms with van der Waals surface area (Å²) in [5.41, 5.74) is 0. The van der Waals surface area contributed by atoms with Crippen molar-refractivity contribution in [2.45, 2.75) is 53.0 Å². The first-order valence-corrected chi connectivity index (χ1v) is 7.53. The lowest BCUT2D eigenvalue weighted by molar-refractivity contribution is 0.107. The van der Waals surface area contributed by atoms with Crippen LogP contribution in [0.2, 0.25) is 0 Å². The molecule has 2 unspecified atom stereocenters. The summed E-state index contributed by atoms with van der Waals surface area (Å²) in [6, 6.07) is 0.463. The highest BCUT2D eigenvalue weighted by atomic mass is 32.2. The van der Waals surface area contributed by atoms with E-state index < -0.39 is 0 Å². The molecule has 0 N–H and O–H groups in total. The Morgan fingerprint density at radius 3 is 2.25 bits per heavy atom. The van der Waals surface area contributed by atoms with Crippen molar-refractivity contribution in [3.63, 3.8) is 0 Å². The lowest BCUT2D eigenvalue weighted by Gasteiger charge is -2.42. The van der Waals surface area contributed by atoms with E-state index >= 15 is 0 Å². The Balaban J connectivity index is 2.72. The smallest absolute Gasteiger partial charge is 0.281 e. The third-order valence-corrected chi connectivity index (χ3v) is 4.46. The lowest BCUT2D eigenvalue weighted by atomic mass is 9.78. The van der Waals surface area contributed by atoms with E-state index in [4.69, 9.17) is 0 Å². The van der Waals surface area contributed by atoms with Crippen LogP contribution in [0.5, 0.6) is 0 Å². The van der Waals surface area contributed by atoms with Gasteiger partial charge in [0.1, 0.15) is 0 Å². The lowest BCUT2D eigenvalue weighted by Crippen LogP contribution is -2.47. The average Bonchev–Trinajstić information content (AvgIpc) is 2.24. The van der Waals surface area contributed by atoms with Gasteiger partial charge in [-0.25, -0.2) is 0 Å². The van der Waals surface area contributed by atoms with Crippen LogP contribution in [0.15, 0.2) is 0 Å². The second-order valence-corrected chi connectivity index (χ2v) is 6.08. The van der Waals surface area contributed by atoms with Crippen LogP contribution in [0.1, 0.15) is 47.0 Å². The van der Waals surface area contributed by atoms with Gasteiger partial charge in [0, 0.05) is 12.6 Å². The predicted molar refractivity (Wildman–Crippen MR) is 71.9 cm³/mol. The number of rotatable bonds is 3. The van der Waals surface area contributed by atoms with Gasteiger partial charge >= 0.3 is 0 Å². The van der Waals surface area contributed by atoms with Gasteiger partial charge in [-0.1, -0.05) is 39.0 Å². The van der Waals surface area contributed by atoms with Crippen molar-refractivity contribution in [2.75, 3.05) is 12.3 Å². The molecule has 3 heteroatoms. The second-order valence-electron chi connectivity index (χ2n) is 4.86. The molecule has 0 aliphatic heterocycles. The fraction of sp³-hybridized carbons (Fsp3) is 0.923. The number of hydrogen-bond donors (Lipinski definition) is 0. The van der Waals surface area contributed by atoms with Gasteiger partial charge in [0.25, 0.3) is 5.24 Å². The van der Waals surface area contributed by atoms with Crippen molar-refractivity contribution < 1.29 is 4.79 Å². The monoisotopic (exact) mass is 243 g/mol. The molecule has 94 valence electrons. The van der Waals surface area contributed by atoms with Gasteiger partial charge in [-0.05, 0) is 37.4 Å². The molecule has 0 radical (unpaired) electrons. The molecule has 0 spiro atoms. The first kappa shape index (κ1) is 13.9. The predicted octanol–water partition coefficient (Wildman–Crippen LogP) is 4.01. The van der Waals surface area contributed by atoms with Gasteiger partial charge in [0.2, 0.25) is 0 Å². The molecule has 0 aromatic carbocycles. The van der Waals surface area contributed by atoms with Crippen LogP contribution in [0.4, 0.5) is 4.79 Å². The van der Waals surface area contributed by atoms with Crippen LogP contribution in [0.3, 0.4) is 0 Å². The fourth-order valence-corrected chi connectivity index (χ4v) is 3.61. The molecule has 2 atom stereocenters. The van der Waals surface area contributed by atoms with Gasteiger partial charge in [-0.3, -0.25) is 4.79 Å². The zero-order chi connectivity index (χ0) is 12.1. The van der Waals surface area contributed by atoms with Gasteiger partial charge in [-0.15, -0.1) is 0 Å². The molecule has 0 aromatic heterocycles. The Labute approximate surface area is 104 Å². The SMILES string of the molecule is CCSC(=O)N(CC)C1C(C)CCCC1C. The molecule has 1 saturated carbocycles. The van der Waals surface area contributed by atoms with E-state index in [1.165, 1.54) is 31.0 Å². The summed E-state index contributed by atoms with van der Waals surface area (Å²) >= 11 is 1.45. The third-order valence-electron chi connectivity index (χ3n) is 3.69. The normalized spacial score (nSPS) is 30.1. The number of hydrogen-bond acceptors (Lipinski definition) is 2. The van der Waals surface area contributed by atoms with Crippen LogP contribution < -0.4 is 0 Å². The highest BCUT2D eigenvalue weighted by molar-refractivity contribution is 8.13. The molecule has 1 rings (SSSR count). The first-order valence-electron chi connectivity index (χ1n) is 6.55. The topological polar surface area (TPSA) is 20.3 Å². The summed E-state index contributed by atoms with van der Waals surface area (Å²) in [6.07, 6.45) is 3.87. The summed E-state index contributed by atoms with van der Waals surface area (Å²) in [7, 11) is 0. The Bertz CT molecular complexity index is 222. The van der Waals surface area contributed by atoms with Crippen LogP contribution >= 0.6 is 11.8 Å². The number of carbonyl (C=O) groups excluding carboxylic acids is 1. The van der Waals surface area contributed by atoms with E-state index in [0.717, 1.165) is 12.3 Å². The van der Waals surface area contributed by atoms with Crippen molar-refractivity contribution in [2.24, 2.45) is 11.8 Å². The van der Waals surface area contributed by atoms with Gasteiger partial charge in [0.15, 0.2) is 0 Å². The van der Waals surface area contributed by atoms with E-state index in [1.54, 1.807) is 0 Å². The van der Waals surface area contributed by atoms with Gasteiger partial charge in [-0.2, -0.15) is 0 Å². The molecule has 0 saturated heterocycles.